The highest BCUT2D eigenvalue weighted by Crippen LogP contribution is 1.99. The number of hydrogen-bond donors (Lipinski definition) is 0. The molecular weight excluding hydrogens is 180 g/mol. The Morgan fingerprint density at radius 1 is 1.29 bits per heavy atom. The first-order chi connectivity index (χ1) is 6.66. The first kappa shape index (κ1) is 13.6. The number of carbonyl (C=O) groups excluding carboxylic acids is 1. The van der Waals surface area contributed by atoms with Crippen LogP contribution in [0.3, 0.4) is 0 Å². The summed E-state index contributed by atoms with van der Waals surface area (Å²) >= 11 is 0. The summed E-state index contributed by atoms with van der Waals surface area (Å²) in [5.41, 5.74) is 0. The van der Waals surface area contributed by atoms with Gasteiger partial charge in [0.1, 0.15) is 6.61 Å². The van der Waals surface area contributed by atoms with Gasteiger partial charge in [-0.05, 0) is 18.8 Å². The van der Waals surface area contributed by atoms with Crippen molar-refractivity contribution in [3.8, 4) is 0 Å². The molecule has 0 aliphatic heterocycles. The Labute approximate surface area is 86.8 Å². The van der Waals surface area contributed by atoms with Crippen molar-refractivity contribution in [2.45, 2.75) is 33.1 Å². The molecule has 14 heavy (non-hydrogen) atoms. The molecule has 0 fully saturated rings. The zero-order valence-electron chi connectivity index (χ0n) is 9.54. The minimum Gasteiger partial charge on any atom is -0.385 e. The van der Waals surface area contributed by atoms with Crippen molar-refractivity contribution >= 4 is 5.78 Å². The van der Waals surface area contributed by atoms with Crippen molar-refractivity contribution in [2.75, 3.05) is 26.9 Å². The molecule has 0 N–H and O–H groups in total. The quantitative estimate of drug-likeness (QED) is 0.537. The Kier molecular flexibility index (Phi) is 8.89. The molecular formula is C11H22O3. The summed E-state index contributed by atoms with van der Waals surface area (Å²) in [4.78, 5) is 11.2. The van der Waals surface area contributed by atoms with Crippen LogP contribution in [0, 0.1) is 5.92 Å². The molecule has 0 saturated heterocycles. The van der Waals surface area contributed by atoms with Gasteiger partial charge in [0, 0.05) is 26.7 Å². The highest BCUT2D eigenvalue weighted by atomic mass is 16.5. The summed E-state index contributed by atoms with van der Waals surface area (Å²) in [5, 5.41) is 0. The van der Waals surface area contributed by atoms with Gasteiger partial charge in [0.25, 0.3) is 0 Å². The highest BCUT2D eigenvalue weighted by Gasteiger charge is 2.02. The van der Waals surface area contributed by atoms with Crippen molar-refractivity contribution in [3.05, 3.63) is 0 Å². The van der Waals surface area contributed by atoms with Gasteiger partial charge in [-0.1, -0.05) is 13.8 Å². The van der Waals surface area contributed by atoms with Crippen LogP contribution < -0.4 is 0 Å². The van der Waals surface area contributed by atoms with Gasteiger partial charge in [0.2, 0.25) is 0 Å². The van der Waals surface area contributed by atoms with Crippen LogP contribution in [0.5, 0.6) is 0 Å². The molecule has 0 bridgehead atoms. The van der Waals surface area contributed by atoms with Crippen LogP contribution >= 0.6 is 0 Å². The number of hydrogen-bond acceptors (Lipinski definition) is 3. The van der Waals surface area contributed by atoms with E-state index in [1.807, 2.05) is 0 Å². The fraction of sp³-hybridized carbons (Fsp3) is 0.909. The van der Waals surface area contributed by atoms with Crippen LogP contribution in [0.2, 0.25) is 0 Å². The Hall–Kier alpha value is -0.410. The van der Waals surface area contributed by atoms with E-state index in [1.54, 1.807) is 7.11 Å². The Bertz CT molecular complexity index is 143. The van der Waals surface area contributed by atoms with Gasteiger partial charge in [-0.2, -0.15) is 0 Å². The first-order valence-electron chi connectivity index (χ1n) is 5.25. The predicted octanol–water partition coefficient (Wildman–Crippen LogP) is 2.04. The van der Waals surface area contributed by atoms with Crippen LogP contribution in [0.15, 0.2) is 0 Å². The van der Waals surface area contributed by atoms with Gasteiger partial charge in [-0.25, -0.2) is 0 Å². The van der Waals surface area contributed by atoms with E-state index in [1.165, 1.54) is 0 Å². The molecule has 3 heteroatoms. The molecule has 0 amide bonds. The molecule has 0 aromatic heterocycles. The lowest BCUT2D eigenvalue weighted by atomic mass is 10.1. The van der Waals surface area contributed by atoms with Gasteiger partial charge in [-0.15, -0.1) is 0 Å². The van der Waals surface area contributed by atoms with Crippen molar-refractivity contribution in [2.24, 2.45) is 5.92 Å². The van der Waals surface area contributed by atoms with Crippen molar-refractivity contribution in [1.29, 1.82) is 0 Å². The molecule has 0 aromatic carbocycles. The largest absolute Gasteiger partial charge is 0.385 e. The highest BCUT2D eigenvalue weighted by molar-refractivity contribution is 5.79. The van der Waals surface area contributed by atoms with E-state index in [0.717, 1.165) is 12.8 Å². The molecule has 0 aliphatic carbocycles. The summed E-state index contributed by atoms with van der Waals surface area (Å²) < 4.78 is 10.1. The Morgan fingerprint density at radius 2 is 2.00 bits per heavy atom. The molecule has 0 aliphatic rings. The fourth-order valence-corrected chi connectivity index (χ4v) is 0.991. The van der Waals surface area contributed by atoms with E-state index in [0.29, 0.717) is 25.6 Å². The van der Waals surface area contributed by atoms with Gasteiger partial charge in [0.15, 0.2) is 5.78 Å². The van der Waals surface area contributed by atoms with Gasteiger partial charge in [-0.3, -0.25) is 4.79 Å². The first-order valence-corrected chi connectivity index (χ1v) is 5.25. The second-order valence-corrected chi connectivity index (χ2v) is 3.87. The summed E-state index contributed by atoms with van der Waals surface area (Å²) in [6.07, 6.45) is 2.38. The topological polar surface area (TPSA) is 35.5 Å². The molecule has 0 aromatic rings. The lowest BCUT2D eigenvalue weighted by Crippen LogP contribution is -2.11. The summed E-state index contributed by atoms with van der Waals surface area (Å²) in [6.45, 7) is 5.88. The molecule has 0 atom stereocenters. The number of carbonyl (C=O) groups is 1. The fourth-order valence-electron chi connectivity index (χ4n) is 0.991. The number of methoxy groups -OCH3 is 1. The smallest absolute Gasteiger partial charge is 0.158 e. The minimum atomic E-state index is 0.172. The minimum absolute atomic E-state index is 0.172. The molecule has 0 rings (SSSR count). The van der Waals surface area contributed by atoms with Crippen LogP contribution in [0.1, 0.15) is 33.1 Å². The number of rotatable bonds is 9. The Morgan fingerprint density at radius 3 is 2.57 bits per heavy atom. The zero-order valence-corrected chi connectivity index (χ0v) is 9.54. The average Bonchev–Trinajstić information content (AvgIpc) is 2.13. The van der Waals surface area contributed by atoms with Gasteiger partial charge >= 0.3 is 0 Å². The van der Waals surface area contributed by atoms with Crippen molar-refractivity contribution in [1.82, 2.24) is 0 Å². The van der Waals surface area contributed by atoms with E-state index < -0.39 is 0 Å². The average molecular weight is 202 g/mol. The molecule has 0 unspecified atom stereocenters. The Balaban J connectivity index is 3.18. The molecule has 84 valence electrons. The number of ketones is 1. The maximum absolute atomic E-state index is 11.2. The van der Waals surface area contributed by atoms with Crippen molar-refractivity contribution < 1.29 is 14.3 Å². The van der Waals surface area contributed by atoms with Crippen LogP contribution in [-0.2, 0) is 14.3 Å². The molecule has 0 heterocycles. The van der Waals surface area contributed by atoms with E-state index in [9.17, 15) is 4.79 Å². The second kappa shape index (κ2) is 9.16. The van der Waals surface area contributed by atoms with Gasteiger partial charge in [0.05, 0.1) is 0 Å². The molecule has 0 spiro atoms. The standard InChI is InChI=1S/C11H22O3/c1-10(2)6-8-14-9-11(12)5-4-7-13-3/h10H,4-9H2,1-3H3. The van der Waals surface area contributed by atoms with Gasteiger partial charge < -0.3 is 9.47 Å². The van der Waals surface area contributed by atoms with E-state index >= 15 is 0 Å². The third kappa shape index (κ3) is 9.68. The lowest BCUT2D eigenvalue weighted by Gasteiger charge is -2.05. The lowest BCUT2D eigenvalue weighted by molar-refractivity contribution is -0.124. The van der Waals surface area contributed by atoms with E-state index in [-0.39, 0.29) is 12.4 Å². The molecule has 0 radical (unpaired) electrons. The monoisotopic (exact) mass is 202 g/mol. The predicted molar refractivity (Wildman–Crippen MR) is 56.4 cm³/mol. The summed E-state index contributed by atoms with van der Waals surface area (Å²) in [5.74, 6) is 0.810. The number of Topliss-reactive ketones (excluding diaryl/α,β-unsaturated/α-hetero) is 1. The summed E-state index contributed by atoms with van der Waals surface area (Å²) in [7, 11) is 1.64. The zero-order chi connectivity index (χ0) is 10.8. The SMILES string of the molecule is COCCCC(=O)COCCC(C)C. The van der Waals surface area contributed by atoms with E-state index in [4.69, 9.17) is 9.47 Å². The molecule has 0 saturated carbocycles. The second-order valence-electron chi connectivity index (χ2n) is 3.87. The van der Waals surface area contributed by atoms with Crippen molar-refractivity contribution in [3.63, 3.8) is 0 Å². The van der Waals surface area contributed by atoms with E-state index in [2.05, 4.69) is 13.8 Å². The van der Waals surface area contributed by atoms with Crippen LogP contribution in [0.25, 0.3) is 0 Å². The summed E-state index contributed by atoms with van der Waals surface area (Å²) in [6, 6.07) is 0. The normalized spacial score (nSPS) is 10.9. The van der Waals surface area contributed by atoms with Crippen LogP contribution in [-0.4, -0.2) is 32.7 Å². The maximum Gasteiger partial charge on any atom is 0.158 e. The third-order valence-electron chi connectivity index (χ3n) is 1.91. The molecule has 3 nitrogen and oxygen atoms in total. The maximum atomic E-state index is 11.2. The van der Waals surface area contributed by atoms with Crippen LogP contribution in [0.4, 0.5) is 0 Å². The number of ether oxygens (including phenoxy) is 2. The third-order valence-corrected chi connectivity index (χ3v) is 1.91.